The molecule has 2 aromatic carbocycles. The summed E-state index contributed by atoms with van der Waals surface area (Å²) >= 11 is 0. The summed E-state index contributed by atoms with van der Waals surface area (Å²) in [5.74, 6) is -1.20. The highest BCUT2D eigenvalue weighted by molar-refractivity contribution is 5.96. The van der Waals surface area contributed by atoms with E-state index in [9.17, 15) is 19.7 Å². The first-order chi connectivity index (χ1) is 14.6. The van der Waals surface area contributed by atoms with Gasteiger partial charge in [0.2, 0.25) is 0 Å². The van der Waals surface area contributed by atoms with Crippen LogP contribution in [0.4, 0.5) is 5.69 Å². The lowest BCUT2D eigenvalue weighted by Crippen LogP contribution is -2.46. The Morgan fingerprint density at radius 2 is 1.61 bits per heavy atom. The molecule has 2 aromatic rings. The van der Waals surface area contributed by atoms with Crippen LogP contribution in [0.1, 0.15) is 36.7 Å². The Kier molecular flexibility index (Phi) is 7.57. The number of nitro groups is 1. The second kappa shape index (κ2) is 9.92. The normalized spacial score (nSPS) is 10.9. The van der Waals surface area contributed by atoms with E-state index in [0.717, 1.165) is 17.7 Å². The molecule has 9 nitrogen and oxygen atoms in total. The molecule has 0 aromatic heterocycles. The number of carbonyl (C=O) groups excluding carboxylic acids is 2. The number of ether oxygens (including phenoxy) is 3. The third-order valence-electron chi connectivity index (χ3n) is 4.54. The van der Waals surface area contributed by atoms with E-state index < -0.39 is 34.6 Å². The number of hydrogen-bond acceptors (Lipinski definition) is 7. The second-order valence-corrected chi connectivity index (χ2v) is 7.69. The van der Waals surface area contributed by atoms with Gasteiger partial charge in [-0.2, -0.15) is 0 Å². The van der Waals surface area contributed by atoms with Crippen molar-refractivity contribution in [3.8, 4) is 11.5 Å². The maximum absolute atomic E-state index is 12.8. The molecule has 166 valence electrons. The Bertz CT molecular complexity index is 952. The number of hydrogen-bond donors (Lipinski definition) is 0. The highest BCUT2D eigenvalue weighted by Gasteiger charge is 2.30. The van der Waals surface area contributed by atoms with Gasteiger partial charge in [0.1, 0.15) is 5.56 Å². The van der Waals surface area contributed by atoms with E-state index >= 15 is 0 Å². The Labute approximate surface area is 180 Å². The van der Waals surface area contributed by atoms with Crippen LogP contribution in [0.5, 0.6) is 11.5 Å². The minimum Gasteiger partial charge on any atom is -0.493 e. The SMILES string of the molecule is COc1cc(C(=O)OCC(=O)N(Cc2ccccc2)C(C)(C)C)c([N+](=O)[O-])cc1OC. The van der Waals surface area contributed by atoms with Gasteiger partial charge in [0, 0.05) is 18.2 Å². The number of esters is 1. The van der Waals surface area contributed by atoms with Crippen molar-refractivity contribution in [2.75, 3.05) is 20.8 Å². The van der Waals surface area contributed by atoms with Crippen LogP contribution in [-0.4, -0.2) is 48.1 Å². The molecule has 0 unspecified atom stereocenters. The Morgan fingerprint density at radius 3 is 2.13 bits per heavy atom. The lowest BCUT2D eigenvalue weighted by Gasteiger charge is -2.35. The fraction of sp³-hybridized carbons (Fsp3) is 0.364. The Balaban J connectivity index is 2.21. The summed E-state index contributed by atoms with van der Waals surface area (Å²) in [7, 11) is 2.67. The molecule has 2 rings (SSSR count). The number of amides is 1. The van der Waals surface area contributed by atoms with E-state index in [1.54, 1.807) is 4.90 Å². The van der Waals surface area contributed by atoms with Gasteiger partial charge >= 0.3 is 5.97 Å². The van der Waals surface area contributed by atoms with Crippen LogP contribution in [-0.2, 0) is 16.1 Å². The third-order valence-corrected chi connectivity index (χ3v) is 4.54. The lowest BCUT2D eigenvalue weighted by atomic mass is 10.0. The molecule has 9 heteroatoms. The summed E-state index contributed by atoms with van der Waals surface area (Å²) in [6.45, 7) is 5.38. The molecule has 0 aliphatic carbocycles. The maximum atomic E-state index is 12.8. The molecule has 0 atom stereocenters. The summed E-state index contributed by atoms with van der Waals surface area (Å²) in [6, 6.07) is 11.7. The van der Waals surface area contributed by atoms with Gasteiger partial charge in [-0.25, -0.2) is 4.79 Å². The third kappa shape index (κ3) is 5.94. The Hall–Kier alpha value is -3.62. The van der Waals surface area contributed by atoms with Crippen LogP contribution in [0, 0.1) is 10.1 Å². The van der Waals surface area contributed by atoms with Crippen LogP contribution in [0.3, 0.4) is 0 Å². The van der Waals surface area contributed by atoms with Crippen molar-refractivity contribution in [1.29, 1.82) is 0 Å². The van der Waals surface area contributed by atoms with E-state index in [2.05, 4.69) is 0 Å². The Morgan fingerprint density at radius 1 is 1.03 bits per heavy atom. The number of methoxy groups -OCH3 is 2. The monoisotopic (exact) mass is 430 g/mol. The van der Waals surface area contributed by atoms with Gasteiger partial charge in [-0.1, -0.05) is 30.3 Å². The first kappa shape index (κ1) is 23.7. The van der Waals surface area contributed by atoms with Gasteiger partial charge in [-0.15, -0.1) is 0 Å². The van der Waals surface area contributed by atoms with E-state index in [4.69, 9.17) is 14.2 Å². The van der Waals surface area contributed by atoms with Crippen molar-refractivity contribution in [3.63, 3.8) is 0 Å². The first-order valence-electron chi connectivity index (χ1n) is 9.50. The molecule has 0 N–H and O–H groups in total. The average molecular weight is 430 g/mol. The quantitative estimate of drug-likeness (QED) is 0.358. The van der Waals surface area contributed by atoms with Gasteiger partial charge in [0.05, 0.1) is 25.2 Å². The highest BCUT2D eigenvalue weighted by atomic mass is 16.6. The van der Waals surface area contributed by atoms with Gasteiger partial charge in [0.25, 0.3) is 11.6 Å². The molecule has 0 aliphatic rings. The molecule has 0 saturated carbocycles. The summed E-state index contributed by atoms with van der Waals surface area (Å²) in [5, 5.41) is 11.4. The molecule has 0 fully saturated rings. The van der Waals surface area contributed by atoms with Crippen LogP contribution in [0.15, 0.2) is 42.5 Å². The van der Waals surface area contributed by atoms with Crippen molar-refractivity contribution in [2.24, 2.45) is 0 Å². The molecule has 0 bridgehead atoms. The number of rotatable bonds is 8. The molecular weight excluding hydrogens is 404 g/mol. The van der Waals surface area contributed by atoms with Crippen LogP contribution in [0.25, 0.3) is 0 Å². The fourth-order valence-electron chi connectivity index (χ4n) is 2.93. The molecular formula is C22H26N2O7. The molecule has 0 saturated heterocycles. The summed E-state index contributed by atoms with van der Waals surface area (Å²) in [4.78, 5) is 37.7. The molecule has 0 aliphatic heterocycles. The van der Waals surface area contributed by atoms with E-state index in [-0.39, 0.29) is 17.1 Å². The predicted molar refractivity (Wildman–Crippen MR) is 113 cm³/mol. The lowest BCUT2D eigenvalue weighted by molar-refractivity contribution is -0.385. The minimum atomic E-state index is -1.01. The van der Waals surface area contributed by atoms with E-state index in [0.29, 0.717) is 6.54 Å². The van der Waals surface area contributed by atoms with Crippen molar-refractivity contribution in [3.05, 3.63) is 63.7 Å². The fourth-order valence-corrected chi connectivity index (χ4v) is 2.93. The van der Waals surface area contributed by atoms with Crippen molar-refractivity contribution in [2.45, 2.75) is 32.9 Å². The zero-order valence-corrected chi connectivity index (χ0v) is 18.2. The molecule has 31 heavy (non-hydrogen) atoms. The molecule has 0 spiro atoms. The van der Waals surface area contributed by atoms with Gasteiger partial charge in [-0.05, 0) is 26.3 Å². The molecule has 0 radical (unpaired) electrons. The van der Waals surface area contributed by atoms with Crippen LogP contribution >= 0.6 is 0 Å². The summed E-state index contributed by atoms with van der Waals surface area (Å²) in [5.41, 5.74) is -0.449. The van der Waals surface area contributed by atoms with Crippen molar-refractivity contribution in [1.82, 2.24) is 4.90 Å². The minimum absolute atomic E-state index is 0.101. The zero-order valence-electron chi connectivity index (χ0n) is 18.2. The average Bonchev–Trinajstić information content (AvgIpc) is 2.74. The number of carbonyl (C=O) groups is 2. The topological polar surface area (TPSA) is 108 Å². The standard InChI is InChI=1S/C22H26N2O7/c1-22(2,3)23(13-15-9-7-6-8-10-15)20(25)14-31-21(26)16-11-18(29-4)19(30-5)12-17(16)24(27)28/h6-12H,13-14H2,1-5H3. The van der Waals surface area contributed by atoms with Crippen LogP contribution < -0.4 is 9.47 Å². The number of nitro benzene ring substituents is 1. The number of benzene rings is 2. The van der Waals surface area contributed by atoms with E-state index in [1.807, 2.05) is 51.1 Å². The second-order valence-electron chi connectivity index (χ2n) is 7.69. The van der Waals surface area contributed by atoms with E-state index in [1.165, 1.54) is 14.2 Å². The first-order valence-corrected chi connectivity index (χ1v) is 9.50. The smallest absolute Gasteiger partial charge is 0.345 e. The summed E-state index contributed by atoms with van der Waals surface area (Å²) in [6.07, 6.45) is 0. The van der Waals surface area contributed by atoms with Gasteiger partial charge in [0.15, 0.2) is 18.1 Å². The molecule has 0 heterocycles. The summed E-state index contributed by atoms with van der Waals surface area (Å²) < 4.78 is 15.3. The number of nitrogens with zero attached hydrogens (tertiary/aromatic N) is 2. The van der Waals surface area contributed by atoms with Crippen molar-refractivity contribution >= 4 is 17.6 Å². The van der Waals surface area contributed by atoms with Crippen molar-refractivity contribution < 1.29 is 28.7 Å². The highest BCUT2D eigenvalue weighted by Crippen LogP contribution is 2.34. The maximum Gasteiger partial charge on any atom is 0.345 e. The zero-order chi connectivity index (χ0) is 23.2. The predicted octanol–water partition coefficient (Wildman–Crippen LogP) is 3.60. The van der Waals surface area contributed by atoms with Gasteiger partial charge in [-0.3, -0.25) is 14.9 Å². The largest absolute Gasteiger partial charge is 0.493 e. The van der Waals surface area contributed by atoms with Gasteiger partial charge < -0.3 is 19.1 Å². The van der Waals surface area contributed by atoms with Crippen LogP contribution in [0.2, 0.25) is 0 Å². The molecule has 1 amide bonds.